The third-order valence-electron chi connectivity index (χ3n) is 2.88. The quantitative estimate of drug-likeness (QED) is 0.703. The molecular weight excluding hydrogens is 361 g/mol. The number of anilines is 1. The van der Waals surface area contributed by atoms with Gasteiger partial charge in [-0.15, -0.1) is 5.10 Å². The maximum Gasteiger partial charge on any atom is 0.187 e. The molecule has 2 aromatic carbocycles. The van der Waals surface area contributed by atoms with Crippen molar-refractivity contribution < 1.29 is 4.39 Å². The van der Waals surface area contributed by atoms with Gasteiger partial charge in [0.25, 0.3) is 0 Å². The summed E-state index contributed by atoms with van der Waals surface area (Å²) in [5, 5.41) is 11.3. The van der Waals surface area contributed by atoms with Gasteiger partial charge < -0.3 is 5.73 Å². The monoisotopic (exact) mass is 367 g/mol. The molecule has 1 aromatic heterocycles. The zero-order valence-corrected chi connectivity index (χ0v) is 12.8. The highest BCUT2D eigenvalue weighted by Crippen LogP contribution is 2.28. The molecule has 0 saturated heterocycles. The lowest BCUT2D eigenvalue weighted by Crippen LogP contribution is -2.03. The molecule has 0 aliphatic heterocycles. The van der Waals surface area contributed by atoms with Crippen LogP contribution >= 0.6 is 27.5 Å². The minimum atomic E-state index is -0.585. The van der Waals surface area contributed by atoms with Crippen LogP contribution in [0.4, 0.5) is 10.1 Å². The molecule has 3 aromatic rings. The molecule has 0 bridgehead atoms. The number of rotatable bonds is 2. The molecule has 0 aliphatic rings. The van der Waals surface area contributed by atoms with Crippen molar-refractivity contribution in [2.24, 2.45) is 0 Å². The van der Waals surface area contributed by atoms with Gasteiger partial charge in [0.1, 0.15) is 5.69 Å². The molecule has 0 atom stereocenters. The van der Waals surface area contributed by atoms with Gasteiger partial charge in [-0.3, -0.25) is 0 Å². The van der Waals surface area contributed by atoms with E-state index in [0.29, 0.717) is 17.1 Å². The lowest BCUT2D eigenvalue weighted by molar-refractivity contribution is 0.608. The number of hydrogen-bond donors (Lipinski definition) is 1. The normalized spacial score (nSPS) is 10.8. The van der Waals surface area contributed by atoms with Gasteiger partial charge in [-0.1, -0.05) is 17.7 Å². The van der Waals surface area contributed by atoms with E-state index in [0.717, 1.165) is 4.47 Å². The van der Waals surface area contributed by atoms with E-state index < -0.39 is 5.82 Å². The van der Waals surface area contributed by atoms with Crippen LogP contribution in [0.25, 0.3) is 17.1 Å². The minimum Gasteiger partial charge on any atom is -0.398 e. The van der Waals surface area contributed by atoms with Crippen LogP contribution in [0.15, 0.2) is 40.9 Å². The van der Waals surface area contributed by atoms with E-state index >= 15 is 0 Å². The summed E-state index contributed by atoms with van der Waals surface area (Å²) in [4.78, 5) is 0. The zero-order valence-electron chi connectivity index (χ0n) is 10.5. The van der Waals surface area contributed by atoms with Crippen LogP contribution < -0.4 is 5.73 Å². The molecular formula is C13H8BrClFN5. The molecule has 0 spiro atoms. The number of aromatic nitrogens is 4. The summed E-state index contributed by atoms with van der Waals surface area (Å²) < 4.78 is 16.2. The van der Waals surface area contributed by atoms with Gasteiger partial charge in [0.2, 0.25) is 0 Å². The van der Waals surface area contributed by atoms with Gasteiger partial charge in [-0.05, 0) is 56.7 Å². The highest BCUT2D eigenvalue weighted by atomic mass is 79.9. The first-order valence-corrected chi connectivity index (χ1v) is 7.03. The van der Waals surface area contributed by atoms with Crippen LogP contribution in [-0.2, 0) is 0 Å². The first-order chi connectivity index (χ1) is 10.1. The number of halogens is 3. The first kappa shape index (κ1) is 14.0. The zero-order chi connectivity index (χ0) is 15.0. The van der Waals surface area contributed by atoms with E-state index in [1.807, 2.05) is 0 Å². The van der Waals surface area contributed by atoms with Crippen molar-refractivity contribution in [2.75, 3.05) is 5.73 Å². The highest BCUT2D eigenvalue weighted by molar-refractivity contribution is 9.10. The SMILES string of the molecule is Nc1cc(-c2nnnn2-c2cccc(Cl)c2F)ccc1Br. The Morgan fingerprint density at radius 2 is 2.05 bits per heavy atom. The second kappa shape index (κ2) is 5.42. The predicted molar refractivity (Wildman–Crippen MR) is 81.7 cm³/mol. The number of benzene rings is 2. The van der Waals surface area contributed by atoms with E-state index in [9.17, 15) is 4.39 Å². The summed E-state index contributed by atoms with van der Waals surface area (Å²) in [6.45, 7) is 0. The van der Waals surface area contributed by atoms with E-state index in [2.05, 4.69) is 31.5 Å². The standard InChI is InChI=1S/C13H8BrClFN5/c14-8-5-4-7(6-10(8)17)13-18-19-20-21(13)11-3-1-2-9(15)12(11)16/h1-6H,17H2. The summed E-state index contributed by atoms with van der Waals surface area (Å²) in [5.74, 6) is -0.215. The van der Waals surface area contributed by atoms with Gasteiger partial charge in [-0.2, -0.15) is 4.68 Å². The van der Waals surface area contributed by atoms with E-state index in [-0.39, 0.29) is 10.7 Å². The smallest absolute Gasteiger partial charge is 0.187 e. The molecule has 8 heteroatoms. The Bertz CT molecular complexity index is 820. The molecule has 1 heterocycles. The third kappa shape index (κ3) is 2.50. The summed E-state index contributed by atoms with van der Waals surface area (Å²) in [6, 6.07) is 9.89. The largest absolute Gasteiger partial charge is 0.398 e. The summed E-state index contributed by atoms with van der Waals surface area (Å²) in [7, 11) is 0. The van der Waals surface area contributed by atoms with Gasteiger partial charge in [0, 0.05) is 15.7 Å². The summed E-state index contributed by atoms with van der Waals surface area (Å²) in [5.41, 5.74) is 7.22. The highest BCUT2D eigenvalue weighted by Gasteiger charge is 2.16. The molecule has 0 unspecified atom stereocenters. The second-order valence-corrected chi connectivity index (χ2v) is 5.49. The second-order valence-electron chi connectivity index (χ2n) is 4.22. The fraction of sp³-hybridized carbons (Fsp3) is 0. The van der Waals surface area contributed by atoms with Crippen molar-refractivity contribution >= 4 is 33.2 Å². The van der Waals surface area contributed by atoms with E-state index in [1.165, 1.54) is 10.7 Å². The molecule has 5 nitrogen and oxygen atoms in total. The summed E-state index contributed by atoms with van der Waals surface area (Å²) in [6.07, 6.45) is 0. The average Bonchev–Trinajstić information content (AvgIpc) is 2.94. The average molecular weight is 369 g/mol. The van der Waals surface area contributed by atoms with Gasteiger partial charge in [0.05, 0.1) is 5.02 Å². The Labute approximate surface area is 132 Å². The number of hydrogen-bond acceptors (Lipinski definition) is 4. The van der Waals surface area contributed by atoms with E-state index in [1.54, 1.807) is 30.3 Å². The lowest BCUT2D eigenvalue weighted by Gasteiger charge is -2.07. The molecule has 106 valence electrons. The molecule has 0 radical (unpaired) electrons. The van der Waals surface area contributed by atoms with Gasteiger partial charge >= 0.3 is 0 Å². The Balaban J connectivity index is 2.17. The van der Waals surface area contributed by atoms with Crippen molar-refractivity contribution in [1.29, 1.82) is 0 Å². The Hall–Kier alpha value is -1.99. The van der Waals surface area contributed by atoms with Gasteiger partial charge in [-0.25, -0.2) is 4.39 Å². The first-order valence-electron chi connectivity index (χ1n) is 5.86. The van der Waals surface area contributed by atoms with Crippen LogP contribution in [0.1, 0.15) is 0 Å². The van der Waals surface area contributed by atoms with Crippen LogP contribution in [0.5, 0.6) is 0 Å². The van der Waals surface area contributed by atoms with Crippen LogP contribution in [0, 0.1) is 5.82 Å². The molecule has 0 aliphatic carbocycles. The van der Waals surface area contributed by atoms with Crippen molar-refractivity contribution in [3.63, 3.8) is 0 Å². The number of nitrogens with zero attached hydrogens (tertiary/aromatic N) is 4. The van der Waals surface area contributed by atoms with Crippen LogP contribution in [0.3, 0.4) is 0 Å². The van der Waals surface area contributed by atoms with E-state index in [4.69, 9.17) is 17.3 Å². The summed E-state index contributed by atoms with van der Waals surface area (Å²) >= 11 is 9.11. The topological polar surface area (TPSA) is 69.6 Å². The fourth-order valence-electron chi connectivity index (χ4n) is 1.87. The fourth-order valence-corrected chi connectivity index (χ4v) is 2.28. The third-order valence-corrected chi connectivity index (χ3v) is 3.90. The minimum absolute atomic E-state index is 0.00395. The molecule has 3 rings (SSSR count). The number of nitrogens with two attached hydrogens (primary N) is 1. The number of tetrazole rings is 1. The van der Waals surface area contributed by atoms with Crippen molar-refractivity contribution in [3.05, 3.63) is 51.7 Å². The molecule has 0 amide bonds. The van der Waals surface area contributed by atoms with Crippen LogP contribution in [-0.4, -0.2) is 20.2 Å². The molecule has 21 heavy (non-hydrogen) atoms. The predicted octanol–water partition coefficient (Wildman–Crippen LogP) is 3.47. The molecule has 0 saturated carbocycles. The Kier molecular flexibility index (Phi) is 3.60. The Morgan fingerprint density at radius 3 is 2.81 bits per heavy atom. The maximum atomic E-state index is 14.1. The van der Waals surface area contributed by atoms with Gasteiger partial charge in [0.15, 0.2) is 11.6 Å². The maximum absolute atomic E-state index is 14.1. The number of nitrogen functional groups attached to an aromatic ring is 1. The molecule has 0 fully saturated rings. The van der Waals surface area contributed by atoms with Crippen LogP contribution in [0.2, 0.25) is 5.02 Å². The lowest BCUT2D eigenvalue weighted by atomic mass is 10.2. The Morgan fingerprint density at radius 1 is 1.24 bits per heavy atom. The van der Waals surface area contributed by atoms with Crippen molar-refractivity contribution in [2.45, 2.75) is 0 Å². The van der Waals surface area contributed by atoms with Crippen molar-refractivity contribution in [3.8, 4) is 17.1 Å². The molecule has 2 N–H and O–H groups in total. The van der Waals surface area contributed by atoms with Crippen molar-refractivity contribution in [1.82, 2.24) is 20.2 Å².